The molecule has 0 bridgehead atoms. The highest BCUT2D eigenvalue weighted by Gasteiger charge is 2.35. The van der Waals surface area contributed by atoms with Crippen LogP contribution in [0.3, 0.4) is 0 Å². The van der Waals surface area contributed by atoms with Crippen LogP contribution in [0.2, 0.25) is 0 Å². The Morgan fingerprint density at radius 3 is 1.35 bits per heavy atom. The molecular weight excluding hydrogens is 857 g/mol. The van der Waals surface area contributed by atoms with E-state index in [0.717, 1.165) is 80.2 Å². The van der Waals surface area contributed by atoms with E-state index in [-0.39, 0.29) is 23.6 Å². The third kappa shape index (κ3) is 9.90. The average molecular weight is 919 g/mol. The smallest absolute Gasteiger partial charge is 0.250 e. The highest BCUT2D eigenvalue weighted by molar-refractivity contribution is 5.91. The number of carbonyl (C=O) groups is 4. The fourth-order valence-electron chi connectivity index (χ4n) is 9.27. The molecule has 4 heterocycles. The predicted molar refractivity (Wildman–Crippen MR) is 261 cm³/mol. The first-order valence-corrected chi connectivity index (χ1v) is 24.0. The van der Waals surface area contributed by atoms with Gasteiger partial charge in [-0.15, -0.1) is 0 Å². The topological polar surface area (TPSA) is 175 Å². The monoisotopic (exact) mass is 918 g/mol. The van der Waals surface area contributed by atoms with Gasteiger partial charge in [-0.1, -0.05) is 88.4 Å². The minimum absolute atomic E-state index is 0.163. The molecule has 4 amide bonds. The molecule has 8 rings (SSSR count). The van der Waals surface area contributed by atoms with Crippen LogP contribution in [-0.4, -0.2) is 66.5 Å². The number of imidazole rings is 2. The van der Waals surface area contributed by atoms with Gasteiger partial charge in [0.1, 0.15) is 48.4 Å². The average Bonchev–Trinajstić information content (AvgIpc) is 4.07. The van der Waals surface area contributed by atoms with Crippen molar-refractivity contribution in [1.29, 1.82) is 0 Å². The highest BCUT2D eigenvalue weighted by atomic mass is 16.5. The largest absolute Gasteiger partial charge is 0.488 e. The van der Waals surface area contributed by atoms with E-state index in [2.05, 4.69) is 32.7 Å². The molecule has 0 aliphatic carbocycles. The van der Waals surface area contributed by atoms with Crippen molar-refractivity contribution in [2.45, 2.75) is 117 Å². The zero-order valence-corrected chi connectivity index (χ0v) is 39.9. The number of amides is 4. The van der Waals surface area contributed by atoms with E-state index in [0.29, 0.717) is 63.6 Å². The second kappa shape index (κ2) is 21.2. The van der Waals surface area contributed by atoms with E-state index in [4.69, 9.17) is 19.4 Å². The summed E-state index contributed by atoms with van der Waals surface area (Å²) in [4.78, 5) is 74.4. The van der Waals surface area contributed by atoms with E-state index in [1.165, 1.54) is 0 Å². The van der Waals surface area contributed by atoms with Gasteiger partial charge in [-0.2, -0.15) is 0 Å². The maximum atomic E-state index is 14.3. The number of nitrogens with zero attached hydrogens (tertiary/aromatic N) is 4. The summed E-state index contributed by atoms with van der Waals surface area (Å²) in [7, 11) is 0. The number of ether oxygens (including phenoxy) is 2. The molecule has 2 aromatic heterocycles. The number of nitrogens with one attached hydrogen (secondary N) is 4. The van der Waals surface area contributed by atoms with Crippen LogP contribution in [0, 0.1) is 0 Å². The van der Waals surface area contributed by atoms with Gasteiger partial charge in [0.25, 0.3) is 0 Å². The summed E-state index contributed by atoms with van der Waals surface area (Å²) in [5, 5.41) is 5.99. The molecule has 0 saturated carbocycles. The number of H-pyrrole nitrogens is 2. The molecular formula is C54H62N8O6. The predicted octanol–water partition coefficient (Wildman–Crippen LogP) is 9.83. The van der Waals surface area contributed by atoms with Crippen LogP contribution < -0.4 is 20.1 Å². The number of hydrogen-bond donors (Lipinski definition) is 4. The summed E-state index contributed by atoms with van der Waals surface area (Å²) in [6.07, 6.45) is 7.06. The first-order valence-electron chi connectivity index (χ1n) is 24.0. The van der Waals surface area contributed by atoms with E-state index >= 15 is 0 Å². The van der Waals surface area contributed by atoms with Crippen molar-refractivity contribution in [3.63, 3.8) is 0 Å². The molecule has 4 aromatic carbocycles. The number of carbonyl (C=O) groups excluding carboxylic acids is 4. The van der Waals surface area contributed by atoms with Crippen LogP contribution in [-0.2, 0) is 32.4 Å². The van der Waals surface area contributed by atoms with Crippen LogP contribution in [0.15, 0.2) is 97.3 Å². The fourth-order valence-corrected chi connectivity index (χ4v) is 9.27. The standard InChI is InChI=1S/C54H62N8O6/c1-7-17-45(63)59-49(35-19-13-11-14-20-35)53(65)61(23-9-3)33(5)51-55-29-41(57-51)37-25-39-31-68-44-28-38(26-40-32-67-43(27-37)47(39)48(40)44)42-30-56-52(58-42)34(6)62(24-10-4)54(66)50(60-46(64)18-8-2)36-21-15-12-16-22-36/h11-16,19-22,25-30,33-34,49-50H,7-10,17-18,23-24,31-32H2,1-6H3,(H,55,57)(H,56,58)(H,59,63)(H,60,64). The van der Waals surface area contributed by atoms with Crippen molar-refractivity contribution in [3.05, 3.63) is 131 Å². The van der Waals surface area contributed by atoms with Crippen LogP contribution in [0.25, 0.3) is 33.6 Å². The Hall–Kier alpha value is -7.22. The Morgan fingerprint density at radius 2 is 0.985 bits per heavy atom. The summed E-state index contributed by atoms with van der Waals surface area (Å²) in [6.45, 7) is 13.5. The van der Waals surface area contributed by atoms with Crippen molar-refractivity contribution in [3.8, 4) is 45.1 Å². The van der Waals surface area contributed by atoms with Crippen LogP contribution in [0.5, 0.6) is 11.5 Å². The number of aromatic nitrogens is 4. The summed E-state index contributed by atoms with van der Waals surface area (Å²) < 4.78 is 13.0. The van der Waals surface area contributed by atoms with Gasteiger partial charge in [-0.05, 0) is 74.9 Å². The molecule has 0 spiro atoms. The normalized spacial score (nSPS) is 14.0. The lowest BCUT2D eigenvalue weighted by molar-refractivity contribution is -0.139. The Labute approximate surface area is 398 Å². The second-order valence-corrected chi connectivity index (χ2v) is 17.7. The quantitative estimate of drug-likeness (QED) is 0.0586. The lowest BCUT2D eigenvalue weighted by Crippen LogP contribution is -2.44. The van der Waals surface area contributed by atoms with E-state index in [1.54, 1.807) is 22.2 Å². The number of benzene rings is 4. The van der Waals surface area contributed by atoms with E-state index < -0.39 is 24.2 Å². The van der Waals surface area contributed by atoms with Crippen molar-refractivity contribution >= 4 is 23.6 Å². The lowest BCUT2D eigenvalue weighted by Gasteiger charge is -2.32. The minimum atomic E-state index is -0.820. The Balaban J connectivity index is 1.02. The highest BCUT2D eigenvalue weighted by Crippen LogP contribution is 2.51. The van der Waals surface area contributed by atoms with Gasteiger partial charge in [0.15, 0.2) is 0 Å². The van der Waals surface area contributed by atoms with Gasteiger partial charge in [0.2, 0.25) is 23.6 Å². The maximum absolute atomic E-state index is 14.3. The third-order valence-electron chi connectivity index (χ3n) is 12.7. The van der Waals surface area contributed by atoms with Crippen LogP contribution >= 0.6 is 0 Å². The lowest BCUT2D eigenvalue weighted by atomic mass is 9.87. The maximum Gasteiger partial charge on any atom is 0.250 e. The third-order valence-corrected chi connectivity index (χ3v) is 12.7. The SMILES string of the molecule is CCCC(=O)NC(C(=O)N(CCC)C(C)c1ncc(-c2cc3c4c(c2)OCc2cc(-c5cnc(C(C)N(CCC)C(=O)C(NC(=O)CCC)c6ccccc6)[nH]5)cc(c2-4)OC3)[nH]1)c1ccccc1. The van der Waals surface area contributed by atoms with Crippen molar-refractivity contribution in [1.82, 2.24) is 40.4 Å². The molecule has 68 heavy (non-hydrogen) atoms. The van der Waals surface area contributed by atoms with Gasteiger partial charge in [0.05, 0.1) is 35.9 Å². The molecule has 4 unspecified atom stereocenters. The molecule has 14 nitrogen and oxygen atoms in total. The summed E-state index contributed by atoms with van der Waals surface area (Å²) in [5.74, 6) is 2.06. The van der Waals surface area contributed by atoms with Crippen molar-refractivity contribution < 1.29 is 28.7 Å². The van der Waals surface area contributed by atoms with Gasteiger partial charge in [0, 0.05) is 59.3 Å². The zero-order valence-electron chi connectivity index (χ0n) is 39.9. The van der Waals surface area contributed by atoms with Gasteiger partial charge in [-0.3, -0.25) is 19.2 Å². The molecule has 4 atom stereocenters. The van der Waals surface area contributed by atoms with Crippen LogP contribution in [0.1, 0.15) is 138 Å². The summed E-state index contributed by atoms with van der Waals surface area (Å²) in [6, 6.07) is 24.6. The van der Waals surface area contributed by atoms with E-state index in [9.17, 15) is 19.2 Å². The first kappa shape index (κ1) is 47.3. The van der Waals surface area contributed by atoms with Gasteiger partial charge < -0.3 is 39.9 Å². The molecule has 0 radical (unpaired) electrons. The zero-order chi connectivity index (χ0) is 47.9. The molecule has 14 heteroatoms. The Morgan fingerprint density at radius 1 is 0.588 bits per heavy atom. The molecule has 4 N–H and O–H groups in total. The Bertz CT molecular complexity index is 2510. The first-order chi connectivity index (χ1) is 33.0. The molecule has 6 aromatic rings. The Kier molecular flexibility index (Phi) is 14.7. The molecule has 2 aliphatic heterocycles. The summed E-state index contributed by atoms with van der Waals surface area (Å²) >= 11 is 0. The molecule has 0 saturated heterocycles. The minimum Gasteiger partial charge on any atom is -0.488 e. The van der Waals surface area contributed by atoms with Gasteiger partial charge >= 0.3 is 0 Å². The molecule has 354 valence electrons. The number of rotatable bonds is 20. The number of hydrogen-bond acceptors (Lipinski definition) is 8. The fraction of sp³-hybridized carbons (Fsp3) is 0.370. The van der Waals surface area contributed by atoms with Crippen molar-refractivity contribution in [2.24, 2.45) is 0 Å². The molecule has 0 fully saturated rings. The molecule has 2 aliphatic rings. The number of aromatic amines is 2. The van der Waals surface area contributed by atoms with Crippen LogP contribution in [0.4, 0.5) is 0 Å². The second-order valence-electron chi connectivity index (χ2n) is 17.7. The summed E-state index contributed by atoms with van der Waals surface area (Å²) in [5.41, 5.74) is 8.75. The van der Waals surface area contributed by atoms with Crippen molar-refractivity contribution in [2.75, 3.05) is 13.1 Å². The van der Waals surface area contributed by atoms with Gasteiger partial charge in [-0.25, -0.2) is 9.97 Å². The van der Waals surface area contributed by atoms with E-state index in [1.807, 2.05) is 114 Å².